The van der Waals surface area contributed by atoms with Gasteiger partial charge in [0.2, 0.25) is 5.91 Å². The highest BCUT2D eigenvalue weighted by Crippen LogP contribution is 2.22. The number of thioether (sulfide) groups is 1. The summed E-state index contributed by atoms with van der Waals surface area (Å²) in [5.41, 5.74) is 2.96. The molecule has 0 aliphatic carbocycles. The van der Waals surface area contributed by atoms with Crippen molar-refractivity contribution in [1.29, 1.82) is 0 Å². The average Bonchev–Trinajstić information content (AvgIpc) is 3.21. The molecule has 0 bridgehead atoms. The van der Waals surface area contributed by atoms with Gasteiger partial charge in [-0.1, -0.05) is 60.3 Å². The summed E-state index contributed by atoms with van der Waals surface area (Å²) in [4.78, 5) is 30.1. The maximum Gasteiger partial charge on any atom is 0.262 e. The van der Waals surface area contributed by atoms with E-state index in [0.29, 0.717) is 15.4 Å². The minimum Gasteiger partial charge on any atom is -0.325 e. The maximum atomic E-state index is 12.6. The van der Waals surface area contributed by atoms with E-state index in [9.17, 15) is 9.59 Å². The molecule has 0 radical (unpaired) electrons. The van der Waals surface area contributed by atoms with Gasteiger partial charge in [-0.15, -0.1) is 11.3 Å². The number of hydrogen-bond donors (Lipinski definition) is 1. The van der Waals surface area contributed by atoms with Crippen LogP contribution < -0.4 is 10.9 Å². The summed E-state index contributed by atoms with van der Waals surface area (Å²) < 4.78 is 1.50. The number of rotatable bonds is 6. The summed E-state index contributed by atoms with van der Waals surface area (Å²) in [6.45, 7) is 0. The Hall–Kier alpha value is -2.90. The molecular weight excluding hydrogens is 402 g/mol. The molecule has 0 spiro atoms. The third-order valence-corrected chi connectivity index (χ3v) is 6.36. The number of nitrogens with zero attached hydrogens (tertiary/aromatic N) is 2. The zero-order valence-corrected chi connectivity index (χ0v) is 17.4. The minimum absolute atomic E-state index is 0.0904. The predicted molar refractivity (Wildman–Crippen MR) is 120 cm³/mol. The van der Waals surface area contributed by atoms with Crippen molar-refractivity contribution in [2.24, 2.45) is 7.05 Å². The fourth-order valence-corrected chi connectivity index (χ4v) is 4.61. The van der Waals surface area contributed by atoms with Crippen molar-refractivity contribution in [3.05, 3.63) is 87.5 Å². The zero-order valence-electron chi connectivity index (χ0n) is 15.8. The Morgan fingerprint density at radius 2 is 1.86 bits per heavy atom. The molecule has 146 valence electrons. The lowest BCUT2D eigenvalue weighted by Crippen LogP contribution is -2.21. The van der Waals surface area contributed by atoms with Crippen LogP contribution in [0.5, 0.6) is 0 Å². The van der Waals surface area contributed by atoms with E-state index in [2.05, 4.69) is 22.4 Å². The van der Waals surface area contributed by atoms with Crippen molar-refractivity contribution in [2.45, 2.75) is 11.6 Å². The summed E-state index contributed by atoms with van der Waals surface area (Å²) >= 11 is 2.69. The standard InChI is InChI=1S/C22H19N3O2S2/c1-25-21(27)17-11-12-28-20(17)24-22(25)29-14-19(26)23-18-10-6-5-9-16(18)13-15-7-3-2-4-8-15/h2-12H,13-14H2,1H3,(H,23,26). The maximum absolute atomic E-state index is 12.6. The number of nitrogens with one attached hydrogen (secondary N) is 1. The number of carbonyl (C=O) groups is 1. The quantitative estimate of drug-likeness (QED) is 0.372. The summed E-state index contributed by atoms with van der Waals surface area (Å²) in [6, 6.07) is 19.7. The SMILES string of the molecule is Cn1c(SCC(=O)Nc2ccccc2Cc2ccccc2)nc2sccc2c1=O. The fourth-order valence-electron chi connectivity index (χ4n) is 3.04. The fraction of sp³-hybridized carbons (Fsp3) is 0.136. The Bertz CT molecular complexity index is 1220. The Morgan fingerprint density at radius 3 is 2.69 bits per heavy atom. The number of carbonyl (C=O) groups excluding carboxylic acids is 1. The molecule has 0 fully saturated rings. The second kappa shape index (κ2) is 8.63. The van der Waals surface area contributed by atoms with E-state index in [1.54, 1.807) is 13.1 Å². The lowest BCUT2D eigenvalue weighted by atomic mass is 10.0. The summed E-state index contributed by atoms with van der Waals surface area (Å²) in [6.07, 6.45) is 0.746. The van der Waals surface area contributed by atoms with E-state index >= 15 is 0 Å². The molecule has 2 aromatic carbocycles. The van der Waals surface area contributed by atoms with E-state index < -0.39 is 0 Å². The van der Waals surface area contributed by atoms with Gasteiger partial charge in [-0.25, -0.2) is 4.98 Å². The van der Waals surface area contributed by atoms with E-state index in [4.69, 9.17) is 0 Å². The van der Waals surface area contributed by atoms with Crippen LogP contribution in [-0.4, -0.2) is 21.2 Å². The van der Waals surface area contributed by atoms with Crippen molar-refractivity contribution in [3.63, 3.8) is 0 Å². The van der Waals surface area contributed by atoms with Gasteiger partial charge in [0.1, 0.15) is 4.83 Å². The third kappa shape index (κ3) is 4.41. The minimum atomic E-state index is -0.129. The van der Waals surface area contributed by atoms with Crippen molar-refractivity contribution in [2.75, 3.05) is 11.1 Å². The van der Waals surface area contributed by atoms with Gasteiger partial charge < -0.3 is 5.32 Å². The van der Waals surface area contributed by atoms with Gasteiger partial charge in [-0.05, 0) is 35.1 Å². The summed E-state index contributed by atoms with van der Waals surface area (Å²) in [5, 5.41) is 6.00. The molecule has 7 heteroatoms. The van der Waals surface area contributed by atoms with Gasteiger partial charge >= 0.3 is 0 Å². The normalized spacial score (nSPS) is 10.9. The molecule has 1 amide bonds. The number of amides is 1. The topological polar surface area (TPSA) is 64.0 Å². The molecule has 5 nitrogen and oxygen atoms in total. The summed E-state index contributed by atoms with van der Waals surface area (Å²) in [7, 11) is 1.68. The van der Waals surface area contributed by atoms with Crippen molar-refractivity contribution < 1.29 is 4.79 Å². The average molecular weight is 422 g/mol. The molecule has 29 heavy (non-hydrogen) atoms. The number of para-hydroxylation sites is 1. The van der Waals surface area contributed by atoms with Crippen LogP contribution in [-0.2, 0) is 18.3 Å². The van der Waals surface area contributed by atoms with Gasteiger partial charge in [0.25, 0.3) is 5.56 Å². The highest BCUT2D eigenvalue weighted by atomic mass is 32.2. The molecule has 2 heterocycles. The Kier molecular flexibility index (Phi) is 5.78. The van der Waals surface area contributed by atoms with Crippen LogP contribution in [0.1, 0.15) is 11.1 Å². The zero-order chi connectivity index (χ0) is 20.2. The first kappa shape index (κ1) is 19.4. The largest absolute Gasteiger partial charge is 0.325 e. The van der Waals surface area contributed by atoms with E-state index in [1.165, 1.54) is 33.2 Å². The lowest BCUT2D eigenvalue weighted by Gasteiger charge is -2.12. The molecule has 0 aliphatic rings. The molecule has 1 N–H and O–H groups in total. The molecule has 4 rings (SSSR count). The smallest absolute Gasteiger partial charge is 0.262 e. The first-order valence-corrected chi connectivity index (χ1v) is 11.0. The number of fused-ring (bicyclic) bond motifs is 1. The monoisotopic (exact) mass is 421 g/mol. The predicted octanol–water partition coefficient (Wildman–Crippen LogP) is 4.32. The number of benzene rings is 2. The van der Waals surface area contributed by atoms with Gasteiger partial charge in [-0.3, -0.25) is 14.2 Å². The van der Waals surface area contributed by atoms with Crippen molar-refractivity contribution >= 4 is 44.9 Å². The molecule has 2 aromatic heterocycles. The lowest BCUT2D eigenvalue weighted by molar-refractivity contribution is -0.113. The highest BCUT2D eigenvalue weighted by Gasteiger charge is 2.13. The van der Waals surface area contributed by atoms with Crippen LogP contribution in [0.2, 0.25) is 0 Å². The van der Waals surface area contributed by atoms with Crippen molar-refractivity contribution in [3.8, 4) is 0 Å². The number of anilines is 1. The van der Waals surface area contributed by atoms with Gasteiger partial charge in [0.15, 0.2) is 5.16 Å². The van der Waals surface area contributed by atoms with E-state index in [0.717, 1.165) is 17.7 Å². The van der Waals surface area contributed by atoms with Gasteiger partial charge in [0, 0.05) is 12.7 Å². The number of thiophene rings is 1. The van der Waals surface area contributed by atoms with Crippen LogP contribution in [0, 0.1) is 0 Å². The van der Waals surface area contributed by atoms with E-state index in [1.807, 2.05) is 47.8 Å². The molecule has 0 unspecified atom stereocenters. The second-order valence-corrected chi connectivity index (χ2v) is 8.39. The Morgan fingerprint density at radius 1 is 1.10 bits per heavy atom. The molecule has 0 aliphatic heterocycles. The number of aromatic nitrogens is 2. The first-order valence-electron chi connectivity index (χ1n) is 9.10. The molecule has 0 saturated carbocycles. The second-order valence-electron chi connectivity index (χ2n) is 6.55. The molecule has 0 atom stereocenters. The van der Waals surface area contributed by atoms with E-state index in [-0.39, 0.29) is 17.2 Å². The number of hydrogen-bond acceptors (Lipinski definition) is 5. The molecule has 4 aromatic rings. The van der Waals surface area contributed by atoms with Crippen LogP contribution in [0.25, 0.3) is 10.2 Å². The van der Waals surface area contributed by atoms with Gasteiger partial charge in [0.05, 0.1) is 11.1 Å². The van der Waals surface area contributed by atoms with Crippen molar-refractivity contribution in [1.82, 2.24) is 9.55 Å². The molecule has 0 saturated heterocycles. The molecular formula is C22H19N3O2S2. The Labute approximate surface area is 176 Å². The summed E-state index contributed by atoms with van der Waals surface area (Å²) in [5.74, 6) is 0.0487. The Balaban J connectivity index is 1.46. The van der Waals surface area contributed by atoms with Crippen LogP contribution in [0.3, 0.4) is 0 Å². The van der Waals surface area contributed by atoms with Crippen LogP contribution in [0.15, 0.2) is 76.0 Å². The van der Waals surface area contributed by atoms with Crippen LogP contribution >= 0.6 is 23.1 Å². The first-order chi connectivity index (χ1) is 14.1. The van der Waals surface area contributed by atoms with Gasteiger partial charge in [-0.2, -0.15) is 0 Å². The third-order valence-electron chi connectivity index (χ3n) is 4.53. The van der Waals surface area contributed by atoms with Crippen LogP contribution in [0.4, 0.5) is 5.69 Å². The highest BCUT2D eigenvalue weighted by molar-refractivity contribution is 7.99.